The van der Waals surface area contributed by atoms with Crippen LogP contribution in [0.5, 0.6) is 5.75 Å². The lowest BCUT2D eigenvalue weighted by Crippen LogP contribution is -2.29. The van der Waals surface area contributed by atoms with Crippen molar-refractivity contribution in [2.45, 2.75) is 65.3 Å². The topological polar surface area (TPSA) is 111 Å². The summed E-state index contributed by atoms with van der Waals surface area (Å²) in [7, 11) is -2.03. The number of ether oxygens (including phenoxy) is 1. The monoisotopic (exact) mass is 711 g/mol. The third-order valence-electron chi connectivity index (χ3n) is 9.32. The first-order chi connectivity index (χ1) is 23.9. The molecule has 6 aromatic rings. The minimum atomic E-state index is -4.00. The summed E-state index contributed by atoms with van der Waals surface area (Å²) in [6.45, 7) is 11.4. The first-order valence-corrected chi connectivity index (χ1v) is 18.4. The maximum absolute atomic E-state index is 12.7. The lowest BCUT2D eigenvalue weighted by Gasteiger charge is -2.15. The zero-order valence-corrected chi connectivity index (χ0v) is 30.7. The molecule has 0 saturated heterocycles. The van der Waals surface area contributed by atoms with Crippen molar-refractivity contribution in [3.05, 3.63) is 129 Å². The Morgan fingerprint density at radius 3 is 2.30 bits per heavy atom. The van der Waals surface area contributed by atoms with Crippen molar-refractivity contribution in [3.63, 3.8) is 0 Å². The highest BCUT2D eigenvalue weighted by Gasteiger charge is 2.23. The molecule has 1 unspecified atom stereocenters. The number of hydrogen-bond donors (Lipinski definition) is 2. The molecule has 9 nitrogen and oxygen atoms in total. The van der Waals surface area contributed by atoms with Gasteiger partial charge in [0.15, 0.2) is 5.03 Å². The van der Waals surface area contributed by atoms with E-state index in [9.17, 15) is 13.5 Å². The summed E-state index contributed by atoms with van der Waals surface area (Å²) >= 11 is 6.37. The first-order valence-electron chi connectivity index (χ1n) is 16.6. The van der Waals surface area contributed by atoms with Crippen molar-refractivity contribution in [2.75, 3.05) is 6.61 Å². The van der Waals surface area contributed by atoms with E-state index in [0.717, 1.165) is 74.0 Å². The molecule has 260 valence electrons. The second-order valence-corrected chi connectivity index (χ2v) is 14.8. The SMILES string of the molecule is Cc1cc(OCCCc2c(C)n(Cc3ccc(C(O)NS(=O)(=O)c4ccccn4)cc3)c3c(-c4c(C)nn(C)c4C)cccc23)cc(C)c1Cl. The highest BCUT2D eigenvalue weighted by Crippen LogP contribution is 2.38. The molecule has 0 amide bonds. The molecule has 0 radical (unpaired) electrons. The van der Waals surface area contributed by atoms with Crippen LogP contribution in [0.4, 0.5) is 0 Å². The van der Waals surface area contributed by atoms with E-state index < -0.39 is 16.3 Å². The molecule has 0 fully saturated rings. The second kappa shape index (κ2) is 14.4. The van der Waals surface area contributed by atoms with Crippen molar-refractivity contribution in [2.24, 2.45) is 7.05 Å². The van der Waals surface area contributed by atoms with Gasteiger partial charge in [0.05, 0.1) is 17.8 Å². The molecule has 3 heterocycles. The summed E-state index contributed by atoms with van der Waals surface area (Å²) in [4.78, 5) is 3.90. The van der Waals surface area contributed by atoms with Gasteiger partial charge in [0, 0.05) is 52.7 Å². The Bertz CT molecular complexity index is 2260. The molecule has 50 heavy (non-hydrogen) atoms. The predicted octanol–water partition coefficient (Wildman–Crippen LogP) is 7.66. The van der Waals surface area contributed by atoms with Crippen LogP contribution in [0.2, 0.25) is 5.02 Å². The van der Waals surface area contributed by atoms with Gasteiger partial charge in [-0.25, -0.2) is 13.4 Å². The van der Waals surface area contributed by atoms with Gasteiger partial charge in [0.2, 0.25) is 0 Å². The van der Waals surface area contributed by atoms with E-state index in [0.29, 0.717) is 18.7 Å². The Kier molecular flexibility index (Phi) is 10.2. The number of aliphatic hydroxyl groups excluding tert-OH is 1. The molecule has 0 aliphatic rings. The number of pyridine rings is 1. The summed E-state index contributed by atoms with van der Waals surface area (Å²) in [6, 6.07) is 22.4. The number of aromatic nitrogens is 4. The molecule has 0 spiro atoms. The fraction of sp³-hybridized carbons (Fsp3) is 0.282. The van der Waals surface area contributed by atoms with E-state index in [1.165, 1.54) is 23.2 Å². The Labute approximate surface area is 298 Å². The van der Waals surface area contributed by atoms with Crippen LogP contribution < -0.4 is 9.46 Å². The highest BCUT2D eigenvalue weighted by molar-refractivity contribution is 7.89. The Morgan fingerprint density at radius 2 is 1.66 bits per heavy atom. The minimum Gasteiger partial charge on any atom is -0.494 e. The van der Waals surface area contributed by atoms with Crippen molar-refractivity contribution in [3.8, 4) is 16.9 Å². The van der Waals surface area contributed by atoms with Crippen molar-refractivity contribution >= 4 is 32.5 Å². The number of nitrogens with zero attached hydrogens (tertiary/aromatic N) is 4. The molecule has 2 N–H and O–H groups in total. The van der Waals surface area contributed by atoms with Crippen molar-refractivity contribution in [1.29, 1.82) is 0 Å². The number of rotatable bonds is 12. The van der Waals surface area contributed by atoms with Crippen LogP contribution in [0, 0.1) is 34.6 Å². The number of aliphatic hydroxyl groups is 1. The van der Waals surface area contributed by atoms with Crippen LogP contribution >= 0.6 is 11.6 Å². The minimum absolute atomic E-state index is 0.155. The van der Waals surface area contributed by atoms with E-state index >= 15 is 0 Å². The number of sulfonamides is 1. The molecule has 1 atom stereocenters. The van der Waals surface area contributed by atoms with Gasteiger partial charge in [0.1, 0.15) is 12.0 Å². The Balaban J connectivity index is 1.30. The second-order valence-electron chi connectivity index (χ2n) is 12.8. The van der Waals surface area contributed by atoms with Crippen LogP contribution in [0.1, 0.15) is 57.5 Å². The number of halogens is 1. The molecule has 0 aliphatic carbocycles. The molecule has 0 bridgehead atoms. The van der Waals surface area contributed by atoms with E-state index in [4.69, 9.17) is 21.4 Å². The van der Waals surface area contributed by atoms with Crippen LogP contribution in [-0.4, -0.2) is 39.5 Å². The average Bonchev–Trinajstić information content (AvgIpc) is 3.51. The van der Waals surface area contributed by atoms with E-state index in [-0.39, 0.29) is 5.03 Å². The van der Waals surface area contributed by atoms with Crippen LogP contribution in [0.25, 0.3) is 22.0 Å². The molecule has 3 aromatic carbocycles. The number of benzene rings is 3. The smallest absolute Gasteiger partial charge is 0.260 e. The van der Waals surface area contributed by atoms with Crippen molar-refractivity contribution in [1.82, 2.24) is 24.1 Å². The number of nitrogens with one attached hydrogen (secondary N) is 1. The maximum Gasteiger partial charge on any atom is 0.260 e. The fourth-order valence-corrected chi connectivity index (χ4v) is 7.80. The van der Waals surface area contributed by atoms with E-state index in [1.54, 1.807) is 24.3 Å². The summed E-state index contributed by atoms with van der Waals surface area (Å²) in [5.41, 5.74) is 11.3. The van der Waals surface area contributed by atoms with Crippen LogP contribution in [0.3, 0.4) is 0 Å². The van der Waals surface area contributed by atoms with Gasteiger partial charge >= 0.3 is 0 Å². The lowest BCUT2D eigenvalue weighted by molar-refractivity contribution is 0.166. The number of fused-ring (bicyclic) bond motifs is 1. The largest absolute Gasteiger partial charge is 0.494 e. The molecular weight excluding hydrogens is 670 g/mol. The summed E-state index contributed by atoms with van der Waals surface area (Å²) in [5.74, 6) is 0.825. The van der Waals surface area contributed by atoms with Crippen molar-refractivity contribution < 1.29 is 18.3 Å². The Morgan fingerprint density at radius 1 is 0.940 bits per heavy atom. The highest BCUT2D eigenvalue weighted by atomic mass is 35.5. The number of para-hydroxylation sites is 1. The zero-order chi connectivity index (χ0) is 35.7. The third-order valence-corrected chi connectivity index (χ3v) is 11.2. The maximum atomic E-state index is 12.7. The fourth-order valence-electron chi connectivity index (χ4n) is 6.68. The molecule has 0 saturated carbocycles. The molecule has 3 aromatic heterocycles. The van der Waals surface area contributed by atoms with Gasteiger partial charge in [-0.2, -0.15) is 9.82 Å². The molecule has 6 rings (SSSR count). The van der Waals surface area contributed by atoms with Gasteiger partial charge < -0.3 is 14.4 Å². The first kappa shape index (κ1) is 35.3. The van der Waals surface area contributed by atoms with Gasteiger partial charge in [0.25, 0.3) is 10.0 Å². The normalized spacial score (nSPS) is 12.5. The number of aryl methyl sites for hydroxylation is 5. The Hall–Kier alpha value is -4.48. The zero-order valence-electron chi connectivity index (χ0n) is 29.2. The van der Waals surface area contributed by atoms with Crippen LogP contribution in [-0.2, 0) is 30.0 Å². The number of hydrogen-bond acceptors (Lipinski definition) is 6. The van der Waals surface area contributed by atoms with Crippen LogP contribution in [0.15, 0.2) is 84.0 Å². The van der Waals surface area contributed by atoms with E-state index in [2.05, 4.69) is 46.3 Å². The van der Waals surface area contributed by atoms with Gasteiger partial charge in [-0.3, -0.25) is 4.68 Å². The summed E-state index contributed by atoms with van der Waals surface area (Å²) < 4.78 is 38.2. The van der Waals surface area contributed by atoms with Gasteiger partial charge in [-0.15, -0.1) is 0 Å². The third kappa shape index (κ3) is 7.07. The lowest BCUT2D eigenvalue weighted by atomic mass is 9.98. The summed E-state index contributed by atoms with van der Waals surface area (Å²) in [5, 5.41) is 17.3. The average molecular weight is 712 g/mol. The standard InChI is InChI=1S/C39H42ClN5O4S/c1-24-21-31(22-25(2)37(24)40)49-20-10-13-32-27(4)45(38-33(32)11-9-12-34(38)36-26(3)42-44(6)28(36)5)23-29-15-17-30(18-16-29)39(46)43-50(47,48)35-14-7-8-19-41-35/h7-9,11-12,14-19,21-22,39,43,46H,10,13,20,23H2,1-6H3. The quantitative estimate of drug-likeness (QED) is 0.0996. The molecule has 11 heteroatoms. The van der Waals surface area contributed by atoms with Gasteiger partial charge in [-0.1, -0.05) is 60.1 Å². The molecular formula is C39H42ClN5O4S. The van der Waals surface area contributed by atoms with Gasteiger partial charge in [-0.05, 0) is 99.5 Å². The predicted molar refractivity (Wildman–Crippen MR) is 198 cm³/mol. The summed E-state index contributed by atoms with van der Waals surface area (Å²) in [6.07, 6.45) is 1.63. The molecule has 0 aliphatic heterocycles. The van der Waals surface area contributed by atoms with E-state index in [1.807, 2.05) is 56.8 Å².